The topological polar surface area (TPSA) is 62.7 Å². The fourth-order valence-corrected chi connectivity index (χ4v) is 3.82. The number of hydrogen-bond donors (Lipinski definition) is 0. The van der Waals surface area contributed by atoms with Gasteiger partial charge in [0.1, 0.15) is 5.69 Å². The fraction of sp³-hybridized carbons (Fsp3) is 0.353. The number of nitrogens with zero attached hydrogens (tertiary/aromatic N) is 3. The summed E-state index contributed by atoms with van der Waals surface area (Å²) in [7, 11) is 1.31. The summed E-state index contributed by atoms with van der Waals surface area (Å²) in [6.07, 6.45) is 1.37. The lowest BCUT2D eigenvalue weighted by atomic mass is 10.2. The van der Waals surface area contributed by atoms with Crippen LogP contribution in [0.2, 0.25) is 4.34 Å². The van der Waals surface area contributed by atoms with E-state index in [0.717, 1.165) is 24.0 Å². The summed E-state index contributed by atoms with van der Waals surface area (Å²) in [5.74, 6) is -0.580. The molecule has 0 unspecified atom stereocenters. The minimum atomic E-state index is -0.464. The van der Waals surface area contributed by atoms with Gasteiger partial charge in [0, 0.05) is 43.8 Å². The van der Waals surface area contributed by atoms with Gasteiger partial charge in [0.2, 0.25) is 0 Å². The number of rotatable bonds is 4. The molecule has 0 N–H and O–H groups in total. The highest BCUT2D eigenvalue weighted by Crippen LogP contribution is 2.23. The number of piperazine rings is 1. The average Bonchev–Trinajstić information content (AvgIpc) is 3.06. The van der Waals surface area contributed by atoms with Crippen molar-refractivity contribution in [1.82, 2.24) is 14.8 Å². The first-order valence-electron chi connectivity index (χ1n) is 7.87. The molecule has 2 aromatic heterocycles. The van der Waals surface area contributed by atoms with Gasteiger partial charge < -0.3 is 9.64 Å². The predicted octanol–water partition coefficient (Wildman–Crippen LogP) is 2.54. The standard InChI is InChI=1S/C17H18ClN3O3S/c1-24-17(23)12-2-4-14(19-10-12)16(22)21-8-6-20(7-9-21)11-13-3-5-15(18)25-13/h2-5,10H,6-9,11H2,1H3. The lowest BCUT2D eigenvalue weighted by Gasteiger charge is -2.34. The Morgan fingerprint density at radius 3 is 2.52 bits per heavy atom. The average molecular weight is 380 g/mol. The van der Waals surface area contributed by atoms with Crippen molar-refractivity contribution in [2.24, 2.45) is 0 Å². The third kappa shape index (κ3) is 4.36. The summed E-state index contributed by atoms with van der Waals surface area (Å²) < 4.78 is 5.42. The Morgan fingerprint density at radius 1 is 1.20 bits per heavy atom. The van der Waals surface area contributed by atoms with Gasteiger partial charge in [-0.1, -0.05) is 11.6 Å². The van der Waals surface area contributed by atoms with Gasteiger partial charge in [-0.05, 0) is 24.3 Å². The van der Waals surface area contributed by atoms with E-state index in [4.69, 9.17) is 11.6 Å². The third-order valence-electron chi connectivity index (χ3n) is 4.07. The number of aromatic nitrogens is 1. The summed E-state index contributed by atoms with van der Waals surface area (Å²) >= 11 is 7.55. The van der Waals surface area contributed by atoms with Gasteiger partial charge in [-0.15, -0.1) is 11.3 Å². The maximum absolute atomic E-state index is 12.5. The quantitative estimate of drug-likeness (QED) is 0.764. The van der Waals surface area contributed by atoms with Gasteiger partial charge in [-0.25, -0.2) is 4.79 Å². The Kier molecular flexibility index (Phi) is 5.67. The van der Waals surface area contributed by atoms with Crippen LogP contribution in [-0.4, -0.2) is 59.9 Å². The van der Waals surface area contributed by atoms with E-state index in [9.17, 15) is 9.59 Å². The molecule has 8 heteroatoms. The number of pyridine rings is 1. The van der Waals surface area contributed by atoms with Crippen LogP contribution < -0.4 is 0 Å². The number of hydrogen-bond acceptors (Lipinski definition) is 6. The molecule has 25 heavy (non-hydrogen) atoms. The molecule has 0 aromatic carbocycles. The number of ether oxygens (including phenoxy) is 1. The molecule has 1 aliphatic rings. The first-order chi connectivity index (χ1) is 12.1. The highest BCUT2D eigenvalue weighted by molar-refractivity contribution is 7.16. The smallest absolute Gasteiger partial charge is 0.339 e. The van der Waals surface area contributed by atoms with Crippen LogP contribution in [0, 0.1) is 0 Å². The van der Waals surface area contributed by atoms with E-state index in [-0.39, 0.29) is 5.91 Å². The highest BCUT2D eigenvalue weighted by atomic mass is 35.5. The minimum Gasteiger partial charge on any atom is -0.465 e. The molecule has 132 valence electrons. The first-order valence-corrected chi connectivity index (χ1v) is 9.06. The second-order valence-corrected chi connectivity index (χ2v) is 7.50. The number of halogens is 1. The van der Waals surface area contributed by atoms with Crippen molar-refractivity contribution >= 4 is 34.8 Å². The normalized spacial score (nSPS) is 15.2. The third-order valence-corrected chi connectivity index (χ3v) is 5.29. The van der Waals surface area contributed by atoms with Crippen LogP contribution in [-0.2, 0) is 11.3 Å². The molecule has 0 spiro atoms. The lowest BCUT2D eigenvalue weighted by Crippen LogP contribution is -2.48. The lowest BCUT2D eigenvalue weighted by molar-refractivity contribution is 0.0593. The van der Waals surface area contributed by atoms with Crippen LogP contribution in [0.1, 0.15) is 25.7 Å². The molecular formula is C17H18ClN3O3S. The second-order valence-electron chi connectivity index (χ2n) is 5.70. The number of carbonyl (C=O) groups excluding carboxylic acids is 2. The molecule has 1 fully saturated rings. The van der Waals surface area contributed by atoms with E-state index < -0.39 is 5.97 Å². The van der Waals surface area contributed by atoms with Gasteiger partial charge in [-0.2, -0.15) is 0 Å². The summed E-state index contributed by atoms with van der Waals surface area (Å²) in [6.45, 7) is 3.77. The Labute approximate surface area is 155 Å². The predicted molar refractivity (Wildman–Crippen MR) is 96.1 cm³/mol. The molecule has 3 rings (SSSR count). The Bertz CT molecular complexity index is 755. The Morgan fingerprint density at radius 2 is 1.96 bits per heavy atom. The molecule has 1 saturated heterocycles. The first kappa shape index (κ1) is 17.8. The van der Waals surface area contributed by atoms with Crippen LogP contribution in [0.25, 0.3) is 0 Å². The molecule has 0 aliphatic carbocycles. The van der Waals surface area contributed by atoms with Crippen LogP contribution in [0.5, 0.6) is 0 Å². The van der Waals surface area contributed by atoms with Crippen molar-refractivity contribution in [3.05, 3.63) is 50.9 Å². The van der Waals surface area contributed by atoms with Crippen molar-refractivity contribution in [3.63, 3.8) is 0 Å². The largest absolute Gasteiger partial charge is 0.465 e. The van der Waals surface area contributed by atoms with Gasteiger partial charge in [-0.3, -0.25) is 14.7 Å². The highest BCUT2D eigenvalue weighted by Gasteiger charge is 2.23. The molecule has 3 heterocycles. The van der Waals surface area contributed by atoms with E-state index in [2.05, 4.69) is 14.6 Å². The molecule has 0 radical (unpaired) electrons. The molecule has 2 aromatic rings. The van der Waals surface area contributed by atoms with Crippen LogP contribution >= 0.6 is 22.9 Å². The fourth-order valence-electron chi connectivity index (χ4n) is 2.69. The van der Waals surface area contributed by atoms with Crippen molar-refractivity contribution in [2.75, 3.05) is 33.3 Å². The van der Waals surface area contributed by atoms with Gasteiger partial charge in [0.25, 0.3) is 5.91 Å². The van der Waals surface area contributed by atoms with E-state index in [0.29, 0.717) is 24.3 Å². The zero-order valence-corrected chi connectivity index (χ0v) is 15.3. The number of thiophene rings is 1. The maximum Gasteiger partial charge on any atom is 0.339 e. The van der Waals surface area contributed by atoms with Crippen molar-refractivity contribution in [3.8, 4) is 0 Å². The molecule has 1 aliphatic heterocycles. The number of amides is 1. The molecule has 0 bridgehead atoms. The van der Waals surface area contributed by atoms with Crippen LogP contribution in [0.4, 0.5) is 0 Å². The van der Waals surface area contributed by atoms with E-state index in [1.807, 2.05) is 12.1 Å². The summed E-state index contributed by atoms with van der Waals surface area (Å²) in [5, 5.41) is 0. The van der Waals surface area contributed by atoms with E-state index in [1.165, 1.54) is 18.2 Å². The van der Waals surface area contributed by atoms with Crippen LogP contribution in [0.3, 0.4) is 0 Å². The van der Waals surface area contributed by atoms with Gasteiger partial charge in [0.05, 0.1) is 17.0 Å². The summed E-state index contributed by atoms with van der Waals surface area (Å²) in [6, 6.07) is 7.07. The Balaban J connectivity index is 1.55. The summed E-state index contributed by atoms with van der Waals surface area (Å²) in [4.78, 5) is 33.4. The number of carbonyl (C=O) groups is 2. The number of esters is 1. The number of methoxy groups -OCH3 is 1. The van der Waals surface area contributed by atoms with Crippen molar-refractivity contribution in [1.29, 1.82) is 0 Å². The van der Waals surface area contributed by atoms with E-state index in [1.54, 1.807) is 28.4 Å². The van der Waals surface area contributed by atoms with Crippen molar-refractivity contribution in [2.45, 2.75) is 6.54 Å². The SMILES string of the molecule is COC(=O)c1ccc(C(=O)N2CCN(Cc3ccc(Cl)s3)CC2)nc1. The molecule has 1 amide bonds. The molecule has 0 atom stereocenters. The molecule has 6 nitrogen and oxygen atoms in total. The van der Waals surface area contributed by atoms with Gasteiger partial charge in [0.15, 0.2) is 0 Å². The summed E-state index contributed by atoms with van der Waals surface area (Å²) in [5.41, 5.74) is 0.671. The van der Waals surface area contributed by atoms with Crippen LogP contribution in [0.15, 0.2) is 30.5 Å². The minimum absolute atomic E-state index is 0.116. The monoisotopic (exact) mass is 379 g/mol. The Hall–Kier alpha value is -1.96. The zero-order valence-electron chi connectivity index (χ0n) is 13.8. The molecular weight excluding hydrogens is 362 g/mol. The second kappa shape index (κ2) is 7.95. The van der Waals surface area contributed by atoms with E-state index >= 15 is 0 Å². The maximum atomic E-state index is 12.5. The van der Waals surface area contributed by atoms with Crippen molar-refractivity contribution < 1.29 is 14.3 Å². The zero-order chi connectivity index (χ0) is 17.8. The van der Waals surface area contributed by atoms with Gasteiger partial charge >= 0.3 is 5.97 Å². The molecule has 0 saturated carbocycles.